The van der Waals surface area contributed by atoms with Crippen LogP contribution >= 0.6 is 0 Å². The monoisotopic (exact) mass is 216 g/mol. The highest BCUT2D eigenvalue weighted by Crippen LogP contribution is 2.21. The van der Waals surface area contributed by atoms with E-state index in [0.29, 0.717) is 12.5 Å². The van der Waals surface area contributed by atoms with Crippen molar-refractivity contribution in [2.24, 2.45) is 5.92 Å². The third-order valence-corrected chi connectivity index (χ3v) is 2.10. The Kier molecular flexibility index (Phi) is 5.05. The average molecular weight is 216 g/mol. The molecule has 1 saturated heterocycles. The minimum absolute atomic E-state index is 0.217. The Balaban J connectivity index is 2.25. The molecular formula is C11H20O4. The van der Waals surface area contributed by atoms with Crippen molar-refractivity contribution in [2.75, 3.05) is 6.61 Å². The minimum Gasteiger partial charge on any atom is -0.436 e. The van der Waals surface area contributed by atoms with Crippen molar-refractivity contribution >= 4 is 5.97 Å². The quantitative estimate of drug-likeness (QED) is 0.675. The Morgan fingerprint density at radius 3 is 2.67 bits per heavy atom. The van der Waals surface area contributed by atoms with E-state index in [9.17, 15) is 4.79 Å². The number of carbonyl (C=O) groups excluding carboxylic acids is 1. The van der Waals surface area contributed by atoms with Gasteiger partial charge in [-0.3, -0.25) is 4.79 Å². The zero-order valence-corrected chi connectivity index (χ0v) is 9.69. The molecule has 0 bridgehead atoms. The lowest BCUT2D eigenvalue weighted by Gasteiger charge is -2.29. The summed E-state index contributed by atoms with van der Waals surface area (Å²) < 4.78 is 16.0. The van der Waals surface area contributed by atoms with Crippen molar-refractivity contribution in [3.8, 4) is 0 Å². The molecule has 0 spiro atoms. The molecule has 1 heterocycles. The molecule has 0 N–H and O–H groups in total. The molecule has 0 saturated carbocycles. The summed E-state index contributed by atoms with van der Waals surface area (Å²) in [7, 11) is 0. The first-order chi connectivity index (χ1) is 7.08. The zero-order valence-electron chi connectivity index (χ0n) is 9.69. The molecule has 1 rings (SSSR count). The molecule has 15 heavy (non-hydrogen) atoms. The number of esters is 1. The largest absolute Gasteiger partial charge is 0.436 e. The molecule has 0 radical (unpaired) electrons. The highest BCUT2D eigenvalue weighted by atomic mass is 16.8. The highest BCUT2D eigenvalue weighted by Gasteiger charge is 2.24. The van der Waals surface area contributed by atoms with Gasteiger partial charge in [0.25, 0.3) is 0 Å². The first kappa shape index (κ1) is 12.5. The molecule has 0 unspecified atom stereocenters. The highest BCUT2D eigenvalue weighted by molar-refractivity contribution is 5.66. The second-order valence-electron chi connectivity index (χ2n) is 4.26. The molecule has 88 valence electrons. The van der Waals surface area contributed by atoms with Crippen molar-refractivity contribution < 1.29 is 19.0 Å². The molecule has 0 aromatic heterocycles. The fourth-order valence-corrected chi connectivity index (χ4v) is 1.45. The molecule has 4 heteroatoms. The second-order valence-corrected chi connectivity index (χ2v) is 4.26. The summed E-state index contributed by atoms with van der Waals surface area (Å²) in [5.41, 5.74) is 0. The van der Waals surface area contributed by atoms with Gasteiger partial charge in [0.05, 0.1) is 6.61 Å². The third-order valence-electron chi connectivity index (χ3n) is 2.10. The summed E-state index contributed by atoms with van der Waals surface area (Å²) in [6.07, 6.45) is 1.98. The summed E-state index contributed by atoms with van der Waals surface area (Å²) in [4.78, 5) is 10.7. The summed E-state index contributed by atoms with van der Waals surface area (Å²) in [5.74, 6) is 0.187. The Labute approximate surface area is 90.9 Å². The summed E-state index contributed by atoms with van der Waals surface area (Å²) in [6.45, 7) is 6.25. The van der Waals surface area contributed by atoms with Crippen LogP contribution in [0.4, 0.5) is 0 Å². The Hall–Kier alpha value is -0.610. The van der Waals surface area contributed by atoms with Crippen LogP contribution in [-0.4, -0.2) is 25.2 Å². The van der Waals surface area contributed by atoms with Gasteiger partial charge in [0.15, 0.2) is 6.29 Å². The van der Waals surface area contributed by atoms with Crippen molar-refractivity contribution in [1.82, 2.24) is 0 Å². The van der Waals surface area contributed by atoms with Crippen LogP contribution < -0.4 is 0 Å². The minimum atomic E-state index is -0.423. The van der Waals surface area contributed by atoms with Gasteiger partial charge in [0, 0.05) is 13.3 Å². The zero-order chi connectivity index (χ0) is 11.3. The van der Waals surface area contributed by atoms with E-state index in [0.717, 1.165) is 19.3 Å². The van der Waals surface area contributed by atoms with E-state index >= 15 is 0 Å². The van der Waals surface area contributed by atoms with Gasteiger partial charge in [-0.1, -0.05) is 13.8 Å². The maximum atomic E-state index is 10.7. The summed E-state index contributed by atoms with van der Waals surface area (Å²) in [6, 6.07) is 0. The Morgan fingerprint density at radius 1 is 1.40 bits per heavy atom. The van der Waals surface area contributed by atoms with E-state index in [1.807, 2.05) is 0 Å². The van der Waals surface area contributed by atoms with Crippen LogP contribution in [0.3, 0.4) is 0 Å². The fraction of sp³-hybridized carbons (Fsp3) is 0.909. The number of hydrogen-bond donors (Lipinski definition) is 0. The first-order valence-corrected chi connectivity index (χ1v) is 5.52. The maximum absolute atomic E-state index is 10.7. The van der Waals surface area contributed by atoms with Gasteiger partial charge in [0.1, 0.15) is 0 Å². The van der Waals surface area contributed by atoms with Gasteiger partial charge in [-0.2, -0.15) is 0 Å². The summed E-state index contributed by atoms with van der Waals surface area (Å²) in [5, 5.41) is 0. The van der Waals surface area contributed by atoms with Gasteiger partial charge in [-0.15, -0.1) is 0 Å². The smallest absolute Gasteiger partial charge is 0.304 e. The van der Waals surface area contributed by atoms with Crippen LogP contribution in [0.15, 0.2) is 0 Å². The maximum Gasteiger partial charge on any atom is 0.304 e. The molecule has 1 aliphatic rings. The molecule has 1 fully saturated rings. The Bertz CT molecular complexity index is 203. The lowest BCUT2D eigenvalue weighted by Crippen LogP contribution is -2.33. The van der Waals surface area contributed by atoms with Gasteiger partial charge in [-0.25, -0.2) is 0 Å². The molecule has 0 amide bonds. The van der Waals surface area contributed by atoms with E-state index in [4.69, 9.17) is 14.2 Å². The third kappa shape index (κ3) is 5.14. The van der Waals surface area contributed by atoms with Crippen molar-refractivity contribution in [2.45, 2.75) is 52.6 Å². The van der Waals surface area contributed by atoms with Crippen LogP contribution in [0.25, 0.3) is 0 Å². The SMILES string of the molecule is CC(=O)O[C@H]1CCC[C@@H](OCC(C)C)O1. The van der Waals surface area contributed by atoms with Crippen LogP contribution in [0, 0.1) is 5.92 Å². The lowest BCUT2D eigenvalue weighted by atomic mass is 10.2. The van der Waals surface area contributed by atoms with E-state index in [-0.39, 0.29) is 12.3 Å². The number of rotatable bonds is 4. The standard InChI is InChI=1S/C11H20O4/c1-8(2)7-13-10-5-4-6-11(15-10)14-9(3)12/h8,10-11H,4-7H2,1-3H3/t10-,11+/m0/s1. The van der Waals surface area contributed by atoms with Crippen molar-refractivity contribution in [3.05, 3.63) is 0 Å². The number of hydrogen-bond acceptors (Lipinski definition) is 4. The number of carbonyl (C=O) groups is 1. The van der Waals surface area contributed by atoms with Crippen molar-refractivity contribution in [3.63, 3.8) is 0 Å². The van der Waals surface area contributed by atoms with Crippen LogP contribution in [0.5, 0.6) is 0 Å². The summed E-state index contributed by atoms with van der Waals surface area (Å²) >= 11 is 0. The molecular weight excluding hydrogens is 196 g/mol. The van der Waals surface area contributed by atoms with Crippen LogP contribution in [0.2, 0.25) is 0 Å². The van der Waals surface area contributed by atoms with Crippen molar-refractivity contribution in [1.29, 1.82) is 0 Å². The van der Waals surface area contributed by atoms with Crippen LogP contribution in [-0.2, 0) is 19.0 Å². The van der Waals surface area contributed by atoms with E-state index in [1.54, 1.807) is 0 Å². The first-order valence-electron chi connectivity index (χ1n) is 5.52. The van der Waals surface area contributed by atoms with E-state index < -0.39 is 6.29 Å². The van der Waals surface area contributed by atoms with Gasteiger partial charge in [0.2, 0.25) is 6.29 Å². The van der Waals surface area contributed by atoms with E-state index in [2.05, 4.69) is 13.8 Å². The molecule has 0 aromatic rings. The lowest BCUT2D eigenvalue weighted by molar-refractivity contribution is -0.261. The number of ether oxygens (including phenoxy) is 3. The molecule has 0 aromatic carbocycles. The van der Waals surface area contributed by atoms with Crippen LogP contribution in [0.1, 0.15) is 40.0 Å². The topological polar surface area (TPSA) is 44.8 Å². The molecule has 2 atom stereocenters. The van der Waals surface area contributed by atoms with Gasteiger partial charge >= 0.3 is 5.97 Å². The molecule has 4 nitrogen and oxygen atoms in total. The average Bonchev–Trinajstić information content (AvgIpc) is 2.14. The fourth-order valence-electron chi connectivity index (χ4n) is 1.45. The predicted octanol–water partition coefficient (Wildman–Crippen LogP) is 2.07. The van der Waals surface area contributed by atoms with Gasteiger partial charge in [-0.05, 0) is 18.8 Å². The normalized spacial score (nSPS) is 26.7. The molecule has 0 aliphatic carbocycles. The van der Waals surface area contributed by atoms with E-state index in [1.165, 1.54) is 6.92 Å². The molecule has 1 aliphatic heterocycles. The second kappa shape index (κ2) is 6.08. The Morgan fingerprint density at radius 2 is 2.07 bits per heavy atom. The van der Waals surface area contributed by atoms with Gasteiger partial charge < -0.3 is 14.2 Å². The predicted molar refractivity (Wildman–Crippen MR) is 55.1 cm³/mol.